The lowest BCUT2D eigenvalue weighted by molar-refractivity contribution is 0.0975. The van der Waals surface area contributed by atoms with E-state index in [4.69, 9.17) is 0 Å². The minimum absolute atomic E-state index is 0.0719. The molecule has 0 N–H and O–H groups in total. The fraction of sp³-hybridized carbons (Fsp3) is 0.500. The van der Waals surface area contributed by atoms with Crippen molar-refractivity contribution in [2.24, 2.45) is 0 Å². The van der Waals surface area contributed by atoms with E-state index in [1.165, 1.54) is 0 Å². The van der Waals surface area contributed by atoms with Crippen LogP contribution >= 0.6 is 0 Å². The van der Waals surface area contributed by atoms with E-state index in [1.807, 2.05) is 0 Å². The first-order chi connectivity index (χ1) is 7.66. The maximum atomic E-state index is 13.6. The zero-order chi connectivity index (χ0) is 12.0. The maximum Gasteiger partial charge on any atom is 0.165 e. The van der Waals surface area contributed by atoms with Gasteiger partial charge in [-0.05, 0) is 25.0 Å². The van der Waals surface area contributed by atoms with Gasteiger partial charge in [-0.3, -0.25) is 4.79 Å². The highest BCUT2D eigenvalue weighted by Gasteiger charge is 2.12. The molecule has 0 spiro atoms. The summed E-state index contributed by atoms with van der Waals surface area (Å²) < 4.78 is 13.6. The van der Waals surface area contributed by atoms with Crippen LogP contribution in [0.15, 0.2) is 18.2 Å². The number of halogens is 1. The Balaban J connectivity index is 2.56. The van der Waals surface area contributed by atoms with E-state index < -0.39 is 0 Å². The van der Waals surface area contributed by atoms with Crippen LogP contribution in [0.4, 0.5) is 4.39 Å². The number of ketones is 1. The Morgan fingerprint density at radius 1 is 1.25 bits per heavy atom. The van der Waals surface area contributed by atoms with Crippen LogP contribution in [-0.2, 0) is 0 Å². The van der Waals surface area contributed by atoms with Crippen LogP contribution in [0.2, 0.25) is 0 Å². The fourth-order valence-electron chi connectivity index (χ4n) is 1.71. The average molecular weight is 222 g/mol. The second-order valence-corrected chi connectivity index (χ2v) is 4.17. The van der Waals surface area contributed by atoms with Crippen LogP contribution in [0.5, 0.6) is 0 Å². The summed E-state index contributed by atoms with van der Waals surface area (Å²) in [7, 11) is 0. The first kappa shape index (κ1) is 12.9. The molecule has 0 bridgehead atoms. The molecule has 0 saturated heterocycles. The SMILES string of the molecule is CCCCCCC(=O)c1cccc(C)c1F. The van der Waals surface area contributed by atoms with Crippen LogP contribution in [0.25, 0.3) is 0 Å². The number of Topliss-reactive ketones (excluding diaryl/α,β-unsaturated/α-hetero) is 1. The first-order valence-electron chi connectivity index (χ1n) is 5.95. The van der Waals surface area contributed by atoms with Crippen molar-refractivity contribution in [3.63, 3.8) is 0 Å². The number of hydrogen-bond acceptors (Lipinski definition) is 1. The molecule has 0 aliphatic carbocycles. The predicted octanol–water partition coefficient (Wildman–Crippen LogP) is 4.29. The number of unbranched alkanes of at least 4 members (excludes halogenated alkanes) is 3. The molecule has 0 aliphatic heterocycles. The van der Waals surface area contributed by atoms with E-state index in [2.05, 4.69) is 6.92 Å². The molecule has 0 atom stereocenters. The standard InChI is InChI=1S/C14H19FO/c1-3-4-5-6-10-13(16)12-9-7-8-11(2)14(12)15/h7-9H,3-6,10H2,1-2H3. The van der Waals surface area contributed by atoms with Crippen molar-refractivity contribution < 1.29 is 9.18 Å². The van der Waals surface area contributed by atoms with E-state index in [1.54, 1.807) is 25.1 Å². The first-order valence-corrected chi connectivity index (χ1v) is 5.95. The topological polar surface area (TPSA) is 17.1 Å². The maximum absolute atomic E-state index is 13.6. The molecule has 0 fully saturated rings. The summed E-state index contributed by atoms with van der Waals surface area (Å²) in [6, 6.07) is 4.99. The molecule has 0 aliphatic rings. The van der Waals surface area contributed by atoms with Crippen LogP contribution in [0, 0.1) is 12.7 Å². The van der Waals surface area contributed by atoms with E-state index >= 15 is 0 Å². The van der Waals surface area contributed by atoms with E-state index in [-0.39, 0.29) is 17.2 Å². The van der Waals surface area contributed by atoms with E-state index in [9.17, 15) is 9.18 Å². The number of aryl methyl sites for hydroxylation is 1. The molecule has 2 heteroatoms. The highest BCUT2D eigenvalue weighted by Crippen LogP contribution is 2.15. The summed E-state index contributed by atoms with van der Waals surface area (Å²) >= 11 is 0. The molecule has 0 amide bonds. The molecule has 0 unspecified atom stereocenters. The Bertz CT molecular complexity index is 358. The molecule has 1 aromatic rings. The van der Waals surface area contributed by atoms with Crippen molar-refractivity contribution in [3.8, 4) is 0 Å². The van der Waals surface area contributed by atoms with Gasteiger partial charge in [-0.2, -0.15) is 0 Å². The molecular weight excluding hydrogens is 203 g/mol. The van der Waals surface area contributed by atoms with Crippen molar-refractivity contribution in [3.05, 3.63) is 35.1 Å². The summed E-state index contributed by atoms with van der Waals surface area (Å²) in [6.07, 6.45) is 4.66. The molecule has 0 radical (unpaired) electrons. The Labute approximate surface area is 96.7 Å². The highest BCUT2D eigenvalue weighted by molar-refractivity contribution is 5.96. The molecule has 1 nitrogen and oxygen atoms in total. The summed E-state index contributed by atoms with van der Waals surface area (Å²) in [6.45, 7) is 3.81. The van der Waals surface area contributed by atoms with Gasteiger partial charge in [-0.25, -0.2) is 4.39 Å². The van der Waals surface area contributed by atoms with Gasteiger partial charge in [-0.15, -0.1) is 0 Å². The second kappa shape index (κ2) is 6.41. The molecule has 1 rings (SSSR count). The Morgan fingerprint density at radius 3 is 2.69 bits per heavy atom. The Hall–Kier alpha value is -1.18. The highest BCUT2D eigenvalue weighted by atomic mass is 19.1. The van der Waals surface area contributed by atoms with Gasteiger partial charge in [-0.1, -0.05) is 38.3 Å². The van der Waals surface area contributed by atoms with Gasteiger partial charge >= 0.3 is 0 Å². The number of carbonyl (C=O) groups excluding carboxylic acids is 1. The van der Waals surface area contributed by atoms with Crippen LogP contribution in [0.1, 0.15) is 54.9 Å². The Morgan fingerprint density at radius 2 is 2.00 bits per heavy atom. The van der Waals surface area contributed by atoms with Crippen molar-refractivity contribution in [1.82, 2.24) is 0 Å². The third-order valence-electron chi connectivity index (χ3n) is 2.75. The summed E-state index contributed by atoms with van der Waals surface area (Å²) in [4.78, 5) is 11.7. The normalized spacial score (nSPS) is 10.4. The minimum atomic E-state index is -0.358. The van der Waals surface area contributed by atoms with Crippen molar-refractivity contribution in [1.29, 1.82) is 0 Å². The van der Waals surface area contributed by atoms with Gasteiger partial charge in [0.25, 0.3) is 0 Å². The number of rotatable bonds is 6. The monoisotopic (exact) mass is 222 g/mol. The molecular formula is C14H19FO. The molecule has 0 aromatic heterocycles. The quantitative estimate of drug-likeness (QED) is 0.518. The van der Waals surface area contributed by atoms with E-state index in [0.29, 0.717) is 12.0 Å². The van der Waals surface area contributed by atoms with Gasteiger partial charge < -0.3 is 0 Å². The predicted molar refractivity (Wildman–Crippen MR) is 64.2 cm³/mol. The number of hydrogen-bond donors (Lipinski definition) is 0. The summed E-state index contributed by atoms with van der Waals surface area (Å²) in [5.41, 5.74) is 0.788. The van der Waals surface area contributed by atoms with Gasteiger partial charge in [0.1, 0.15) is 5.82 Å². The minimum Gasteiger partial charge on any atom is -0.294 e. The molecule has 16 heavy (non-hydrogen) atoms. The summed E-state index contributed by atoms with van der Waals surface area (Å²) in [5, 5.41) is 0. The van der Waals surface area contributed by atoms with Crippen LogP contribution < -0.4 is 0 Å². The van der Waals surface area contributed by atoms with Gasteiger partial charge in [0.2, 0.25) is 0 Å². The molecule has 0 saturated carbocycles. The Kier molecular flexibility index (Phi) is 5.17. The van der Waals surface area contributed by atoms with Crippen molar-refractivity contribution in [2.45, 2.75) is 46.0 Å². The smallest absolute Gasteiger partial charge is 0.165 e. The zero-order valence-electron chi connectivity index (χ0n) is 10.1. The van der Waals surface area contributed by atoms with Gasteiger partial charge in [0.15, 0.2) is 5.78 Å². The number of carbonyl (C=O) groups is 1. The van der Waals surface area contributed by atoms with Crippen molar-refractivity contribution >= 4 is 5.78 Å². The third kappa shape index (κ3) is 3.44. The van der Waals surface area contributed by atoms with Gasteiger partial charge in [0.05, 0.1) is 5.56 Å². The lowest BCUT2D eigenvalue weighted by Crippen LogP contribution is -2.03. The van der Waals surface area contributed by atoms with Crippen molar-refractivity contribution in [2.75, 3.05) is 0 Å². The van der Waals surface area contributed by atoms with Crippen LogP contribution in [-0.4, -0.2) is 5.78 Å². The van der Waals surface area contributed by atoms with Gasteiger partial charge in [0, 0.05) is 6.42 Å². The zero-order valence-corrected chi connectivity index (χ0v) is 10.1. The summed E-state index contributed by atoms with van der Waals surface area (Å²) in [5.74, 6) is -0.430. The third-order valence-corrected chi connectivity index (χ3v) is 2.75. The second-order valence-electron chi connectivity index (χ2n) is 4.17. The molecule has 0 heterocycles. The van der Waals surface area contributed by atoms with E-state index in [0.717, 1.165) is 25.7 Å². The lowest BCUT2D eigenvalue weighted by Gasteiger charge is -2.04. The fourth-order valence-corrected chi connectivity index (χ4v) is 1.71. The van der Waals surface area contributed by atoms with Crippen LogP contribution in [0.3, 0.4) is 0 Å². The molecule has 88 valence electrons. The average Bonchev–Trinajstić information content (AvgIpc) is 2.28. The largest absolute Gasteiger partial charge is 0.294 e. The molecule has 1 aromatic carbocycles. The number of benzene rings is 1. The lowest BCUT2D eigenvalue weighted by atomic mass is 10.0.